The highest BCUT2D eigenvalue weighted by Gasteiger charge is 2.27. The fourth-order valence-electron chi connectivity index (χ4n) is 3.56. The van der Waals surface area contributed by atoms with Gasteiger partial charge in [-0.25, -0.2) is 8.42 Å². The molecule has 0 aliphatic rings. The number of carbonyl (C=O) groups is 1. The van der Waals surface area contributed by atoms with Crippen LogP contribution in [0.1, 0.15) is 24.5 Å². The van der Waals surface area contributed by atoms with Gasteiger partial charge in [-0.05, 0) is 80.8 Å². The summed E-state index contributed by atoms with van der Waals surface area (Å²) in [4.78, 5) is 12.9. The molecule has 1 amide bonds. The third-order valence-electron chi connectivity index (χ3n) is 5.43. The van der Waals surface area contributed by atoms with Gasteiger partial charge in [0, 0.05) is 6.54 Å². The van der Waals surface area contributed by atoms with Crippen molar-refractivity contribution in [2.45, 2.75) is 31.6 Å². The Morgan fingerprint density at radius 3 is 2.34 bits per heavy atom. The molecule has 0 saturated carbocycles. The summed E-state index contributed by atoms with van der Waals surface area (Å²) >= 11 is 0. The summed E-state index contributed by atoms with van der Waals surface area (Å²) in [6, 6.07) is 21.0. The van der Waals surface area contributed by atoms with Crippen molar-refractivity contribution in [3.8, 4) is 11.5 Å². The number of aryl methyl sites for hydroxylation is 2. The fourth-order valence-corrected chi connectivity index (χ4v) is 4.98. The minimum absolute atomic E-state index is 0.128. The van der Waals surface area contributed by atoms with E-state index in [1.54, 1.807) is 55.6 Å². The van der Waals surface area contributed by atoms with Gasteiger partial charge in [-0.1, -0.05) is 29.8 Å². The summed E-state index contributed by atoms with van der Waals surface area (Å²) in [7, 11) is -2.33. The first-order valence-electron chi connectivity index (χ1n) is 11.6. The van der Waals surface area contributed by atoms with Gasteiger partial charge in [0.15, 0.2) is 0 Å². The molecule has 0 aromatic heterocycles. The topological polar surface area (TPSA) is 84.9 Å². The Morgan fingerprint density at radius 2 is 1.69 bits per heavy atom. The molecule has 0 aliphatic heterocycles. The van der Waals surface area contributed by atoms with E-state index in [-0.39, 0.29) is 17.3 Å². The van der Waals surface area contributed by atoms with E-state index in [9.17, 15) is 13.2 Å². The van der Waals surface area contributed by atoms with Crippen LogP contribution in [0.2, 0.25) is 0 Å². The lowest BCUT2D eigenvalue weighted by molar-refractivity contribution is -0.119. The Balaban J connectivity index is 1.71. The average Bonchev–Trinajstić information content (AvgIpc) is 2.86. The van der Waals surface area contributed by atoms with Crippen LogP contribution in [0.25, 0.3) is 0 Å². The van der Waals surface area contributed by atoms with Crippen molar-refractivity contribution in [3.63, 3.8) is 0 Å². The van der Waals surface area contributed by atoms with E-state index in [0.29, 0.717) is 31.0 Å². The van der Waals surface area contributed by atoms with Crippen LogP contribution >= 0.6 is 0 Å². The number of anilines is 1. The molecule has 3 aromatic carbocycles. The summed E-state index contributed by atoms with van der Waals surface area (Å²) in [5.74, 6) is 1.05. The highest BCUT2D eigenvalue weighted by molar-refractivity contribution is 7.92. The van der Waals surface area contributed by atoms with E-state index in [4.69, 9.17) is 9.47 Å². The number of benzene rings is 3. The molecule has 35 heavy (non-hydrogen) atoms. The first-order chi connectivity index (χ1) is 16.8. The number of hydrogen-bond donors (Lipinski definition) is 1. The van der Waals surface area contributed by atoms with Crippen LogP contribution in [-0.2, 0) is 21.2 Å². The third-order valence-corrected chi connectivity index (χ3v) is 7.22. The second-order valence-electron chi connectivity index (χ2n) is 8.06. The van der Waals surface area contributed by atoms with Crippen molar-refractivity contribution in [2.24, 2.45) is 0 Å². The summed E-state index contributed by atoms with van der Waals surface area (Å²) in [6.45, 7) is 4.37. The second kappa shape index (κ2) is 12.3. The molecular weight excluding hydrogens is 464 g/mol. The summed E-state index contributed by atoms with van der Waals surface area (Å²) in [6.07, 6.45) is 1.48. The molecule has 0 unspecified atom stereocenters. The standard InChI is InChI=1S/C27H32N2O5S/c1-4-34-24-14-12-23(13-15-24)29(35(31,32)26-16-10-21(2)11-17-26)20-27(30)28-18-6-8-22-7-5-9-25(19-22)33-3/h5,7,9-17,19H,4,6,8,18,20H2,1-3H3,(H,28,30). The van der Waals surface area contributed by atoms with Crippen molar-refractivity contribution in [3.05, 3.63) is 83.9 Å². The zero-order valence-electron chi connectivity index (χ0n) is 20.4. The van der Waals surface area contributed by atoms with Crippen LogP contribution < -0.4 is 19.1 Å². The molecule has 3 rings (SSSR count). The van der Waals surface area contributed by atoms with Crippen LogP contribution in [0.3, 0.4) is 0 Å². The van der Waals surface area contributed by atoms with Crippen molar-refractivity contribution >= 4 is 21.6 Å². The van der Waals surface area contributed by atoms with E-state index >= 15 is 0 Å². The predicted octanol–water partition coefficient (Wildman–Crippen LogP) is 4.35. The Labute approximate surface area is 207 Å². The minimum atomic E-state index is -3.95. The van der Waals surface area contributed by atoms with Crippen LogP contribution in [-0.4, -0.2) is 41.1 Å². The largest absolute Gasteiger partial charge is 0.497 e. The SMILES string of the molecule is CCOc1ccc(N(CC(=O)NCCCc2cccc(OC)c2)S(=O)(=O)c2ccc(C)cc2)cc1. The number of rotatable bonds is 12. The average molecular weight is 497 g/mol. The molecule has 186 valence electrons. The van der Waals surface area contributed by atoms with E-state index < -0.39 is 10.0 Å². The van der Waals surface area contributed by atoms with Crippen LogP contribution in [0.5, 0.6) is 11.5 Å². The highest BCUT2D eigenvalue weighted by atomic mass is 32.2. The lowest BCUT2D eigenvalue weighted by atomic mass is 10.1. The summed E-state index contributed by atoms with van der Waals surface area (Å²) < 4.78 is 38.8. The maximum atomic E-state index is 13.5. The Bertz CT molecular complexity index is 1210. The maximum absolute atomic E-state index is 13.5. The third kappa shape index (κ3) is 7.23. The quantitative estimate of drug-likeness (QED) is 0.377. The number of amides is 1. The predicted molar refractivity (Wildman–Crippen MR) is 138 cm³/mol. The molecule has 3 aromatic rings. The van der Waals surface area contributed by atoms with E-state index in [1.165, 1.54) is 0 Å². The molecule has 8 heteroatoms. The van der Waals surface area contributed by atoms with E-state index in [1.807, 2.05) is 38.1 Å². The van der Waals surface area contributed by atoms with Gasteiger partial charge in [0.1, 0.15) is 18.0 Å². The van der Waals surface area contributed by atoms with Gasteiger partial charge in [0.2, 0.25) is 5.91 Å². The number of ether oxygens (including phenoxy) is 2. The van der Waals surface area contributed by atoms with Crippen molar-refractivity contribution < 1.29 is 22.7 Å². The van der Waals surface area contributed by atoms with Crippen LogP contribution in [0.4, 0.5) is 5.69 Å². The molecule has 0 saturated heterocycles. The Morgan fingerprint density at radius 1 is 0.971 bits per heavy atom. The second-order valence-corrected chi connectivity index (χ2v) is 9.92. The maximum Gasteiger partial charge on any atom is 0.264 e. The molecule has 1 N–H and O–H groups in total. The molecule has 0 atom stereocenters. The van der Waals surface area contributed by atoms with E-state index in [0.717, 1.165) is 27.6 Å². The number of nitrogens with zero attached hydrogens (tertiary/aromatic N) is 1. The number of sulfonamides is 1. The normalized spacial score (nSPS) is 11.1. The monoisotopic (exact) mass is 496 g/mol. The molecule has 0 heterocycles. The zero-order chi connectivity index (χ0) is 25.3. The number of methoxy groups -OCH3 is 1. The molecule has 0 radical (unpaired) electrons. The molecule has 7 nitrogen and oxygen atoms in total. The van der Waals surface area contributed by atoms with Gasteiger partial charge >= 0.3 is 0 Å². The summed E-state index contributed by atoms with van der Waals surface area (Å²) in [5, 5.41) is 2.85. The van der Waals surface area contributed by atoms with Crippen molar-refractivity contribution in [1.29, 1.82) is 0 Å². The van der Waals surface area contributed by atoms with Gasteiger partial charge in [0.25, 0.3) is 10.0 Å². The molecule has 0 fully saturated rings. The number of carbonyl (C=O) groups excluding carboxylic acids is 1. The van der Waals surface area contributed by atoms with Gasteiger partial charge in [0.05, 0.1) is 24.3 Å². The number of nitrogens with one attached hydrogen (secondary N) is 1. The first kappa shape index (κ1) is 26.1. The van der Waals surface area contributed by atoms with Gasteiger partial charge in [-0.3, -0.25) is 9.10 Å². The molecule has 0 aliphatic carbocycles. The zero-order valence-corrected chi connectivity index (χ0v) is 21.2. The molecule has 0 spiro atoms. The first-order valence-corrected chi connectivity index (χ1v) is 13.0. The highest BCUT2D eigenvalue weighted by Crippen LogP contribution is 2.26. The van der Waals surface area contributed by atoms with E-state index in [2.05, 4.69) is 5.32 Å². The Kier molecular flexibility index (Phi) is 9.14. The lowest BCUT2D eigenvalue weighted by Crippen LogP contribution is -2.41. The van der Waals surface area contributed by atoms with Crippen LogP contribution in [0.15, 0.2) is 77.7 Å². The van der Waals surface area contributed by atoms with Crippen molar-refractivity contribution in [2.75, 3.05) is 31.1 Å². The summed E-state index contributed by atoms with van der Waals surface area (Å²) in [5.41, 5.74) is 2.45. The fraction of sp³-hybridized carbons (Fsp3) is 0.296. The molecular formula is C27H32N2O5S. The van der Waals surface area contributed by atoms with Gasteiger partial charge in [-0.2, -0.15) is 0 Å². The number of hydrogen-bond acceptors (Lipinski definition) is 5. The van der Waals surface area contributed by atoms with Gasteiger partial charge < -0.3 is 14.8 Å². The van der Waals surface area contributed by atoms with Crippen LogP contribution in [0, 0.1) is 6.92 Å². The Hall–Kier alpha value is -3.52. The minimum Gasteiger partial charge on any atom is -0.497 e. The van der Waals surface area contributed by atoms with Gasteiger partial charge in [-0.15, -0.1) is 0 Å². The molecule has 0 bridgehead atoms. The smallest absolute Gasteiger partial charge is 0.264 e. The van der Waals surface area contributed by atoms with Crippen molar-refractivity contribution in [1.82, 2.24) is 5.32 Å². The lowest BCUT2D eigenvalue weighted by Gasteiger charge is -2.24.